The number of hydrogen-bond donors (Lipinski definition) is 1. The van der Waals surface area contributed by atoms with E-state index in [2.05, 4.69) is 18.2 Å². The van der Waals surface area contributed by atoms with Crippen molar-refractivity contribution in [2.75, 3.05) is 26.4 Å². The van der Waals surface area contributed by atoms with E-state index in [-0.39, 0.29) is 17.2 Å². The minimum Gasteiger partial charge on any atom is -0.399 e. The Morgan fingerprint density at radius 1 is 0.867 bits per heavy atom. The molecule has 2 saturated heterocycles. The van der Waals surface area contributed by atoms with Gasteiger partial charge in [-0.25, -0.2) is 0 Å². The van der Waals surface area contributed by atoms with Gasteiger partial charge < -0.3 is 24.7 Å². The molecule has 2 heterocycles. The zero-order valence-corrected chi connectivity index (χ0v) is 16.8. The summed E-state index contributed by atoms with van der Waals surface area (Å²) in [5, 5.41) is 30.5. The van der Waals surface area contributed by atoms with E-state index in [9.17, 15) is 15.8 Å². The highest BCUT2D eigenvalue weighted by atomic mass is 16.7. The second-order valence-corrected chi connectivity index (χ2v) is 8.87. The van der Waals surface area contributed by atoms with Crippen molar-refractivity contribution >= 4 is 0 Å². The van der Waals surface area contributed by atoms with Crippen LogP contribution in [0.5, 0.6) is 0 Å². The van der Waals surface area contributed by atoms with Crippen LogP contribution in [-0.4, -0.2) is 38.0 Å². The quantitative estimate of drug-likeness (QED) is 0.644. The molecule has 8 nitrogen and oxygen atoms in total. The van der Waals surface area contributed by atoms with Crippen molar-refractivity contribution in [1.82, 2.24) is 0 Å². The molecule has 3 fully saturated rings. The first-order valence-corrected chi connectivity index (χ1v) is 10.5. The van der Waals surface area contributed by atoms with Crippen LogP contribution >= 0.6 is 0 Å². The molecule has 5 rings (SSSR count). The van der Waals surface area contributed by atoms with Crippen molar-refractivity contribution < 1.29 is 18.9 Å². The zero-order chi connectivity index (χ0) is 21.0. The Hall–Kier alpha value is -2.41. The normalized spacial score (nSPS) is 32.3. The Morgan fingerprint density at radius 2 is 1.43 bits per heavy atom. The molecular formula is C22H24N4O4. The first-order valence-electron chi connectivity index (χ1n) is 10.5. The SMILES string of the molecule is N#CC1=C(N)C(C#N)(C#N)C2(CCC3(CC2)OCCO3)[C@@H]2CC3(CC=C12)OCCO3. The summed E-state index contributed by atoms with van der Waals surface area (Å²) in [5.74, 6) is -1.66. The highest BCUT2D eigenvalue weighted by molar-refractivity contribution is 5.58. The average molecular weight is 408 g/mol. The van der Waals surface area contributed by atoms with E-state index in [1.165, 1.54) is 0 Å². The van der Waals surface area contributed by atoms with Gasteiger partial charge in [0.1, 0.15) is 6.07 Å². The molecule has 1 saturated carbocycles. The molecular weight excluding hydrogens is 384 g/mol. The van der Waals surface area contributed by atoms with Gasteiger partial charge in [-0.1, -0.05) is 6.08 Å². The van der Waals surface area contributed by atoms with Crippen LogP contribution in [0.25, 0.3) is 0 Å². The van der Waals surface area contributed by atoms with Gasteiger partial charge in [0.25, 0.3) is 0 Å². The van der Waals surface area contributed by atoms with Gasteiger partial charge in [0.2, 0.25) is 0 Å². The van der Waals surface area contributed by atoms with Gasteiger partial charge in [-0.15, -0.1) is 0 Å². The van der Waals surface area contributed by atoms with Gasteiger partial charge in [-0.05, 0) is 24.3 Å². The molecule has 0 aromatic carbocycles. The Kier molecular flexibility index (Phi) is 4.26. The maximum absolute atomic E-state index is 10.3. The molecule has 3 aliphatic carbocycles. The van der Waals surface area contributed by atoms with Gasteiger partial charge in [0, 0.05) is 31.1 Å². The minimum atomic E-state index is -1.60. The van der Waals surface area contributed by atoms with E-state index in [1.54, 1.807) is 0 Å². The van der Waals surface area contributed by atoms with E-state index >= 15 is 0 Å². The Labute approximate surface area is 175 Å². The lowest BCUT2D eigenvalue weighted by atomic mass is 9.44. The predicted octanol–water partition coefficient (Wildman–Crippen LogP) is 2.15. The number of ether oxygens (including phenoxy) is 4. The molecule has 5 aliphatic rings. The van der Waals surface area contributed by atoms with Crippen LogP contribution in [-0.2, 0) is 18.9 Å². The Balaban J connectivity index is 1.67. The summed E-state index contributed by atoms with van der Waals surface area (Å²) >= 11 is 0. The summed E-state index contributed by atoms with van der Waals surface area (Å²) in [6.07, 6.45) is 5.21. The van der Waals surface area contributed by atoms with Crippen molar-refractivity contribution in [3.63, 3.8) is 0 Å². The summed E-state index contributed by atoms with van der Waals surface area (Å²) < 4.78 is 23.8. The molecule has 2 aliphatic heterocycles. The molecule has 0 aromatic rings. The van der Waals surface area contributed by atoms with Crippen LogP contribution in [0.3, 0.4) is 0 Å². The number of nitriles is 3. The van der Waals surface area contributed by atoms with Crippen molar-refractivity contribution in [2.45, 2.75) is 50.1 Å². The standard InChI is InChI=1S/C22H24N4O4/c23-12-16-15-1-2-22(29-9-10-30-22)11-17(15)19(20(13-24,14-25)18(16)26)3-5-21(6-4-19)27-7-8-28-21/h1,17H,2-11,26H2/t17-/m1/s1. The number of allylic oxidation sites excluding steroid dienone is 3. The van der Waals surface area contributed by atoms with Crippen LogP contribution in [0.2, 0.25) is 0 Å². The Morgan fingerprint density at radius 3 is 1.97 bits per heavy atom. The summed E-state index contributed by atoms with van der Waals surface area (Å²) in [6, 6.07) is 6.67. The number of rotatable bonds is 0. The van der Waals surface area contributed by atoms with Crippen molar-refractivity contribution in [2.24, 2.45) is 22.5 Å². The molecule has 156 valence electrons. The highest BCUT2D eigenvalue weighted by Crippen LogP contribution is 2.67. The number of hydrogen-bond acceptors (Lipinski definition) is 8. The third kappa shape index (κ3) is 2.32. The van der Waals surface area contributed by atoms with Crippen LogP contribution in [0, 0.1) is 50.7 Å². The molecule has 1 atom stereocenters. The number of nitrogens with two attached hydrogens (primary N) is 1. The number of fused-ring (bicyclic) bond motifs is 2. The maximum Gasteiger partial charge on any atom is 0.190 e. The highest BCUT2D eigenvalue weighted by Gasteiger charge is 2.67. The van der Waals surface area contributed by atoms with E-state index < -0.39 is 22.4 Å². The first kappa shape index (κ1) is 19.5. The van der Waals surface area contributed by atoms with Crippen LogP contribution in [0.15, 0.2) is 22.9 Å². The lowest BCUT2D eigenvalue weighted by Crippen LogP contribution is -2.58. The van der Waals surface area contributed by atoms with E-state index in [4.69, 9.17) is 24.7 Å². The molecule has 0 unspecified atom stereocenters. The second kappa shape index (κ2) is 6.54. The summed E-state index contributed by atoms with van der Waals surface area (Å²) in [5.41, 5.74) is 5.23. The fourth-order valence-electron chi connectivity index (χ4n) is 6.37. The molecule has 3 spiro atoms. The van der Waals surface area contributed by atoms with E-state index in [0.717, 1.165) is 5.57 Å². The second-order valence-electron chi connectivity index (χ2n) is 8.87. The maximum atomic E-state index is 10.3. The molecule has 8 heteroatoms. The van der Waals surface area contributed by atoms with E-state index in [1.807, 2.05) is 6.08 Å². The third-order valence-corrected chi connectivity index (χ3v) is 7.88. The summed E-state index contributed by atoms with van der Waals surface area (Å²) in [4.78, 5) is 0. The smallest absolute Gasteiger partial charge is 0.190 e. The van der Waals surface area contributed by atoms with Crippen LogP contribution < -0.4 is 5.73 Å². The summed E-state index contributed by atoms with van der Waals surface area (Å²) in [7, 11) is 0. The average Bonchev–Trinajstić information content (AvgIpc) is 3.42. The lowest BCUT2D eigenvalue weighted by Gasteiger charge is -2.58. The van der Waals surface area contributed by atoms with Crippen LogP contribution in [0.1, 0.15) is 38.5 Å². The molecule has 0 radical (unpaired) electrons. The zero-order valence-electron chi connectivity index (χ0n) is 16.8. The van der Waals surface area contributed by atoms with Gasteiger partial charge in [-0.3, -0.25) is 0 Å². The van der Waals surface area contributed by atoms with E-state index in [0.29, 0.717) is 65.0 Å². The fourth-order valence-corrected chi connectivity index (χ4v) is 6.37. The predicted molar refractivity (Wildman–Crippen MR) is 101 cm³/mol. The third-order valence-electron chi connectivity index (χ3n) is 7.88. The van der Waals surface area contributed by atoms with Gasteiger partial charge in [0.05, 0.1) is 49.8 Å². The topological polar surface area (TPSA) is 134 Å². The van der Waals surface area contributed by atoms with Crippen molar-refractivity contribution in [3.05, 3.63) is 22.9 Å². The molecule has 0 aromatic heterocycles. The van der Waals surface area contributed by atoms with Crippen molar-refractivity contribution in [1.29, 1.82) is 15.8 Å². The molecule has 2 N–H and O–H groups in total. The monoisotopic (exact) mass is 408 g/mol. The first-order chi connectivity index (χ1) is 14.5. The summed E-state index contributed by atoms with van der Waals surface area (Å²) in [6.45, 7) is 2.13. The lowest BCUT2D eigenvalue weighted by molar-refractivity contribution is -0.214. The molecule has 0 amide bonds. The fraction of sp³-hybridized carbons (Fsp3) is 0.682. The minimum absolute atomic E-state index is 0.0749. The van der Waals surface area contributed by atoms with Gasteiger partial charge >= 0.3 is 0 Å². The Bertz CT molecular complexity index is 927. The molecule has 0 bridgehead atoms. The molecule has 30 heavy (non-hydrogen) atoms. The van der Waals surface area contributed by atoms with Crippen molar-refractivity contribution in [3.8, 4) is 18.2 Å². The van der Waals surface area contributed by atoms with Gasteiger partial charge in [0.15, 0.2) is 17.0 Å². The van der Waals surface area contributed by atoms with Gasteiger partial charge in [-0.2, -0.15) is 15.8 Å². The largest absolute Gasteiger partial charge is 0.399 e. The van der Waals surface area contributed by atoms with Crippen LogP contribution in [0.4, 0.5) is 0 Å². The number of nitrogens with zero attached hydrogens (tertiary/aromatic N) is 3.